The maximum absolute atomic E-state index is 2.53. The molecule has 4 atom stereocenters. The average Bonchev–Trinajstić information content (AvgIpc) is 1.54. The van der Waals surface area contributed by atoms with Gasteiger partial charge in [0.2, 0.25) is 0 Å². The monoisotopic (exact) mass is 1580 g/mol. The molecule has 116 heavy (non-hydrogen) atoms. The van der Waals surface area contributed by atoms with E-state index in [4.69, 9.17) is 0 Å². The van der Waals surface area contributed by atoms with Crippen molar-refractivity contribution in [3.8, 4) is 22.3 Å². The molecule has 0 unspecified atom stereocenters. The molecule has 0 spiro atoms. The lowest BCUT2D eigenvalue weighted by Gasteiger charge is -2.60. The molecule has 19 aliphatic carbocycles. The van der Waals surface area contributed by atoms with Crippen molar-refractivity contribution in [1.82, 2.24) is 0 Å². The standard InChI is InChI=1S/2C18H20.4C12H22.C11H20.C11H22.C10H18/c2*1-17(2,3)18(4)15-11-7-5-9-13(15)14-10-6-8-12-16(14)18;4*1-11(2)9-5-7-10(8-6-9)12(11,3)4;1-10-6-3-4-7-11(10,2)9-5-8-10;1-5-10(3)8-7-9-11(10,4)6-2;1-9-5-3-7-10(9,2)8-4-6-9/h2*5-12H,1-4H3;4*9-10H,5-8H2,1-4H3;3-9H2,1-2H3;5-9H2,1-4H3;3-8H2,1-2H3/t;;;;;;2*10-,11+;. The van der Waals surface area contributed by atoms with Crippen molar-refractivity contribution in [3.05, 3.63) is 119 Å². The Labute approximate surface area is 721 Å². The van der Waals surface area contributed by atoms with Crippen molar-refractivity contribution < 1.29 is 0 Å². The van der Waals surface area contributed by atoms with Crippen LogP contribution in [0.3, 0.4) is 0 Å². The molecular weight excluding hydrogens is 1390 g/mol. The first kappa shape index (κ1) is 93.6. The van der Waals surface area contributed by atoms with Crippen molar-refractivity contribution >= 4 is 0 Å². The van der Waals surface area contributed by atoms with Gasteiger partial charge in [-0.05, 0) is 345 Å². The SMILES string of the molecule is CC(C)(C)C1(C)c2ccccc2-c2ccccc21.CC(C)(C)C1(C)c2ccccc2-c2ccccc21.CC1(C)C2CCC(CC2)C1(C)C.CC1(C)C2CCC(CC2)C1(C)C.CC1(C)C2CCC(CC2)C1(C)C.CC1(C)C2CCC(CC2)C1(C)C.CC12CCCC1(C)CCC2.CC[C@@]1(C)CCC[C@@]1(C)CC.C[C@@]12CCCC[C@]1(C)CCC2. The van der Waals surface area contributed by atoms with Gasteiger partial charge in [-0.15, -0.1) is 0 Å². The lowest BCUT2D eigenvalue weighted by Crippen LogP contribution is -2.51. The van der Waals surface area contributed by atoms with E-state index in [1.807, 2.05) is 0 Å². The van der Waals surface area contributed by atoms with Gasteiger partial charge in [-0.25, -0.2) is 0 Å². The highest BCUT2D eigenvalue weighted by molar-refractivity contribution is 5.82. The van der Waals surface area contributed by atoms with Crippen LogP contribution in [0.1, 0.15) is 462 Å². The van der Waals surface area contributed by atoms with Gasteiger partial charge in [0.25, 0.3) is 0 Å². The quantitative estimate of drug-likeness (QED) is 0.188. The molecule has 19 aliphatic rings. The Hall–Kier alpha value is -3.12. The van der Waals surface area contributed by atoms with E-state index >= 15 is 0 Å². The van der Waals surface area contributed by atoms with Gasteiger partial charge in [-0.3, -0.25) is 0 Å². The van der Waals surface area contributed by atoms with Crippen molar-refractivity contribution in [1.29, 1.82) is 0 Å². The predicted molar refractivity (Wildman–Crippen MR) is 511 cm³/mol. The van der Waals surface area contributed by atoms with E-state index in [2.05, 4.69) is 319 Å². The van der Waals surface area contributed by atoms with Gasteiger partial charge in [0.05, 0.1) is 0 Å². The Morgan fingerprint density at radius 1 is 0.216 bits per heavy atom. The second kappa shape index (κ2) is 33.4. The van der Waals surface area contributed by atoms with Gasteiger partial charge in [-0.1, -0.05) is 370 Å². The molecule has 4 aromatic rings. The summed E-state index contributed by atoms with van der Waals surface area (Å²) in [6, 6.07) is 35.4. The molecule has 0 saturated heterocycles. The van der Waals surface area contributed by atoms with Gasteiger partial charge in [0.1, 0.15) is 0 Å². The summed E-state index contributed by atoms with van der Waals surface area (Å²) in [7, 11) is 0. The maximum Gasteiger partial charge on any atom is 0.0235 e. The highest BCUT2D eigenvalue weighted by Gasteiger charge is 2.59. The van der Waals surface area contributed by atoms with Crippen LogP contribution < -0.4 is 0 Å². The molecule has 0 amide bonds. The van der Waals surface area contributed by atoms with Crippen LogP contribution in [0.2, 0.25) is 0 Å². The number of rotatable bonds is 2. The summed E-state index contributed by atoms with van der Waals surface area (Å²) in [6.07, 6.45) is 50.6. The number of benzene rings is 4. The van der Waals surface area contributed by atoms with E-state index < -0.39 is 0 Å². The van der Waals surface area contributed by atoms with Crippen LogP contribution in [0, 0.1) is 134 Å². The van der Waals surface area contributed by atoms with Crippen LogP contribution in [0.15, 0.2) is 97.1 Å². The van der Waals surface area contributed by atoms with Gasteiger partial charge in [0.15, 0.2) is 0 Å². The summed E-state index contributed by atoms with van der Waals surface area (Å²) < 4.78 is 0. The zero-order valence-corrected chi connectivity index (χ0v) is 82.9. The Morgan fingerprint density at radius 3 is 0.509 bits per heavy atom. The third-order valence-corrected chi connectivity index (χ3v) is 44.6. The van der Waals surface area contributed by atoms with Crippen LogP contribution in [-0.2, 0) is 10.8 Å². The molecule has 0 aromatic heterocycles. The third kappa shape index (κ3) is 16.0. The first-order valence-corrected chi connectivity index (χ1v) is 50.1. The van der Waals surface area contributed by atoms with Crippen molar-refractivity contribution in [3.63, 3.8) is 0 Å². The largest absolute Gasteiger partial charge is 0.0648 e. The minimum atomic E-state index is 0.0974. The second-order valence-electron chi connectivity index (χ2n) is 51.6. The summed E-state index contributed by atoms with van der Waals surface area (Å²) in [5.41, 5.74) is 21.1. The average molecular weight is 1580 g/mol. The summed E-state index contributed by atoms with van der Waals surface area (Å²) in [4.78, 5) is 0. The minimum absolute atomic E-state index is 0.0974. The Morgan fingerprint density at radius 2 is 0.362 bits per heavy atom. The van der Waals surface area contributed by atoms with Crippen LogP contribution in [0.25, 0.3) is 22.3 Å². The lowest BCUT2D eigenvalue weighted by atomic mass is 9.45. The first-order valence-electron chi connectivity index (χ1n) is 50.1. The van der Waals surface area contributed by atoms with Gasteiger partial charge >= 0.3 is 0 Å². The molecule has 652 valence electrons. The molecule has 4 aromatic carbocycles. The highest BCUT2D eigenvalue weighted by Crippen LogP contribution is 2.69. The van der Waals surface area contributed by atoms with Crippen LogP contribution in [0.4, 0.5) is 0 Å². The molecule has 0 nitrogen and oxygen atoms in total. The Kier molecular flexibility index (Phi) is 27.0. The smallest absolute Gasteiger partial charge is 0.0235 e. The molecule has 17 fully saturated rings. The van der Waals surface area contributed by atoms with E-state index in [0.717, 1.165) is 69.0 Å². The topological polar surface area (TPSA) is 0 Å². The molecule has 0 radical (unpaired) electrons. The molecule has 17 saturated carbocycles. The summed E-state index contributed by atoms with van der Waals surface area (Å²) in [6.45, 7) is 78.3. The van der Waals surface area contributed by atoms with E-state index in [9.17, 15) is 0 Å². The van der Waals surface area contributed by atoms with E-state index in [-0.39, 0.29) is 21.7 Å². The molecular formula is C116H188. The first-order chi connectivity index (χ1) is 53.7. The van der Waals surface area contributed by atoms with Crippen molar-refractivity contribution in [2.24, 2.45) is 134 Å². The van der Waals surface area contributed by atoms with E-state index in [0.29, 0.717) is 54.1 Å². The number of hydrogen-bond donors (Lipinski definition) is 0. The summed E-state index contributed by atoms with van der Waals surface area (Å²) in [5.74, 6) is 8.09. The summed E-state index contributed by atoms with van der Waals surface area (Å²) >= 11 is 0. The van der Waals surface area contributed by atoms with E-state index in [1.165, 1.54) is 263 Å². The van der Waals surface area contributed by atoms with Crippen LogP contribution in [0.5, 0.6) is 0 Å². The Balaban J connectivity index is 0.000000129. The third-order valence-electron chi connectivity index (χ3n) is 44.6. The van der Waals surface area contributed by atoms with Crippen molar-refractivity contribution in [2.45, 2.75) is 451 Å². The normalized spacial score (nSPS) is 36.5. The molecule has 0 aliphatic heterocycles. The lowest BCUT2D eigenvalue weighted by molar-refractivity contribution is -0.104. The molecule has 23 rings (SSSR count). The highest BCUT2D eigenvalue weighted by atomic mass is 14.6. The predicted octanol–water partition coefficient (Wildman–Crippen LogP) is 36.6. The maximum atomic E-state index is 2.53. The summed E-state index contributed by atoms with van der Waals surface area (Å²) in [5, 5.41) is 0. The van der Waals surface area contributed by atoms with Crippen molar-refractivity contribution in [2.75, 3.05) is 0 Å². The molecule has 0 heterocycles. The Bertz CT molecular complexity index is 3340. The molecule has 0 heteroatoms. The van der Waals surface area contributed by atoms with Gasteiger partial charge in [0, 0.05) is 10.8 Å². The molecule has 8 bridgehead atoms. The van der Waals surface area contributed by atoms with Crippen LogP contribution >= 0.6 is 0 Å². The number of hydrogen-bond acceptors (Lipinski definition) is 0. The van der Waals surface area contributed by atoms with E-state index in [1.54, 1.807) is 0 Å². The van der Waals surface area contributed by atoms with Crippen LogP contribution in [-0.4, -0.2) is 0 Å². The minimum Gasteiger partial charge on any atom is -0.0648 e. The zero-order valence-electron chi connectivity index (χ0n) is 82.9. The fourth-order valence-corrected chi connectivity index (χ4v) is 30.1. The fourth-order valence-electron chi connectivity index (χ4n) is 30.1. The molecule has 0 N–H and O–H groups in total. The fraction of sp³-hybridized carbons (Fsp3) is 0.793. The number of fused-ring (bicyclic) bond motifs is 20. The van der Waals surface area contributed by atoms with Gasteiger partial charge < -0.3 is 0 Å². The second-order valence-corrected chi connectivity index (χ2v) is 51.6. The zero-order chi connectivity index (χ0) is 85.6. The van der Waals surface area contributed by atoms with Gasteiger partial charge in [-0.2, -0.15) is 0 Å².